The fraction of sp³-hybridized carbons (Fsp3) is 0.458. The van der Waals surface area contributed by atoms with E-state index in [2.05, 4.69) is 95.0 Å². The van der Waals surface area contributed by atoms with Crippen molar-refractivity contribution in [3.63, 3.8) is 0 Å². The molecule has 0 aliphatic rings. The standard InChI is InChI=1S/C24H35NO2Si2/c1-8-24(19-25,27-28(5,6)7)20-26-29(23(2,3)4,21-15-11-9-12-16-21)22-17-13-10-14-18-22/h9-18H,8,20H2,1-7H3. The maximum Gasteiger partial charge on any atom is 0.261 e. The minimum Gasteiger partial charge on any atom is -0.403 e. The lowest BCUT2D eigenvalue weighted by Gasteiger charge is -2.45. The summed E-state index contributed by atoms with van der Waals surface area (Å²) in [6.07, 6.45) is 0.603. The summed E-state index contributed by atoms with van der Waals surface area (Å²) in [5, 5.41) is 12.4. The molecule has 0 bridgehead atoms. The van der Waals surface area contributed by atoms with E-state index in [4.69, 9.17) is 8.85 Å². The molecule has 0 saturated carbocycles. The average molecular weight is 426 g/mol. The summed E-state index contributed by atoms with van der Waals surface area (Å²) in [6.45, 7) is 15.4. The van der Waals surface area contributed by atoms with E-state index in [0.29, 0.717) is 6.42 Å². The summed E-state index contributed by atoms with van der Waals surface area (Å²) in [7, 11) is -4.61. The molecule has 2 aromatic rings. The van der Waals surface area contributed by atoms with Crippen LogP contribution in [0.15, 0.2) is 60.7 Å². The Kier molecular flexibility index (Phi) is 7.29. The van der Waals surface area contributed by atoms with E-state index in [1.165, 1.54) is 10.4 Å². The zero-order valence-corrected chi connectivity index (χ0v) is 21.0. The third-order valence-corrected chi connectivity index (χ3v) is 11.2. The highest BCUT2D eigenvalue weighted by molar-refractivity contribution is 6.99. The van der Waals surface area contributed by atoms with Gasteiger partial charge in [0.1, 0.15) is 0 Å². The Bertz CT molecular complexity index is 780. The van der Waals surface area contributed by atoms with Crippen molar-refractivity contribution < 1.29 is 8.85 Å². The molecule has 0 heterocycles. The summed E-state index contributed by atoms with van der Waals surface area (Å²) >= 11 is 0. The van der Waals surface area contributed by atoms with Crippen LogP contribution in [-0.2, 0) is 8.85 Å². The monoisotopic (exact) mass is 425 g/mol. The molecule has 0 radical (unpaired) electrons. The fourth-order valence-electron chi connectivity index (χ4n) is 3.91. The van der Waals surface area contributed by atoms with Gasteiger partial charge in [0.15, 0.2) is 13.9 Å². The van der Waals surface area contributed by atoms with E-state index >= 15 is 0 Å². The van der Waals surface area contributed by atoms with Gasteiger partial charge in [-0.25, -0.2) is 0 Å². The van der Waals surface area contributed by atoms with Crippen LogP contribution in [0.2, 0.25) is 24.7 Å². The maximum atomic E-state index is 10.1. The van der Waals surface area contributed by atoms with Gasteiger partial charge < -0.3 is 8.85 Å². The van der Waals surface area contributed by atoms with Gasteiger partial charge in [-0.2, -0.15) is 5.26 Å². The van der Waals surface area contributed by atoms with E-state index in [1.807, 2.05) is 19.1 Å². The second kappa shape index (κ2) is 8.97. The lowest BCUT2D eigenvalue weighted by atomic mass is 10.1. The Hall–Kier alpha value is -1.72. The first-order valence-corrected chi connectivity index (χ1v) is 15.7. The van der Waals surface area contributed by atoms with E-state index in [-0.39, 0.29) is 11.6 Å². The van der Waals surface area contributed by atoms with Gasteiger partial charge in [-0.05, 0) is 41.5 Å². The van der Waals surface area contributed by atoms with Crippen molar-refractivity contribution in [3.8, 4) is 6.07 Å². The smallest absolute Gasteiger partial charge is 0.261 e. The van der Waals surface area contributed by atoms with Crippen LogP contribution in [0, 0.1) is 11.3 Å². The molecular weight excluding hydrogens is 390 g/mol. The molecule has 0 amide bonds. The molecule has 1 atom stereocenters. The maximum absolute atomic E-state index is 10.1. The number of hydrogen-bond acceptors (Lipinski definition) is 3. The summed E-state index contributed by atoms with van der Waals surface area (Å²) in [5.74, 6) is 0. The summed E-state index contributed by atoms with van der Waals surface area (Å²) in [5.41, 5.74) is -0.919. The Balaban J connectivity index is 2.61. The third-order valence-electron chi connectivity index (χ3n) is 5.22. The quantitative estimate of drug-likeness (QED) is 0.553. The van der Waals surface area contributed by atoms with Crippen LogP contribution >= 0.6 is 0 Å². The molecule has 0 N–H and O–H groups in total. The van der Waals surface area contributed by atoms with E-state index in [0.717, 1.165) is 0 Å². The normalized spacial score (nSPS) is 14.8. The second-order valence-electron chi connectivity index (χ2n) is 9.63. The fourth-order valence-corrected chi connectivity index (χ4v) is 9.94. The molecule has 156 valence electrons. The highest BCUT2D eigenvalue weighted by Crippen LogP contribution is 2.38. The summed E-state index contributed by atoms with van der Waals surface area (Å²) < 4.78 is 13.4. The Morgan fingerprint density at radius 1 is 0.862 bits per heavy atom. The van der Waals surface area contributed by atoms with Gasteiger partial charge in [-0.1, -0.05) is 88.4 Å². The number of rotatable bonds is 8. The lowest BCUT2D eigenvalue weighted by molar-refractivity contribution is 0.0536. The number of nitrogens with zero attached hydrogens (tertiary/aromatic N) is 1. The Morgan fingerprint density at radius 3 is 1.62 bits per heavy atom. The van der Waals surface area contributed by atoms with Crippen molar-refractivity contribution in [2.24, 2.45) is 0 Å². The van der Waals surface area contributed by atoms with Crippen molar-refractivity contribution in [1.82, 2.24) is 0 Å². The topological polar surface area (TPSA) is 42.2 Å². The number of hydrogen-bond donors (Lipinski definition) is 0. The molecule has 2 aromatic carbocycles. The zero-order chi connectivity index (χ0) is 21.8. The first-order chi connectivity index (χ1) is 13.5. The first kappa shape index (κ1) is 23.6. The van der Waals surface area contributed by atoms with Crippen molar-refractivity contribution in [3.05, 3.63) is 60.7 Å². The second-order valence-corrected chi connectivity index (χ2v) is 18.4. The number of nitriles is 1. The highest BCUT2D eigenvalue weighted by atomic mass is 28.4. The van der Waals surface area contributed by atoms with Gasteiger partial charge in [0.05, 0.1) is 12.7 Å². The Morgan fingerprint density at radius 2 is 1.31 bits per heavy atom. The minimum absolute atomic E-state index is 0.121. The molecule has 3 nitrogen and oxygen atoms in total. The molecular formula is C24H35NO2Si2. The van der Waals surface area contributed by atoms with Crippen LogP contribution in [0.5, 0.6) is 0 Å². The molecule has 0 aliphatic carbocycles. The van der Waals surface area contributed by atoms with Crippen LogP contribution in [-0.4, -0.2) is 28.8 Å². The van der Waals surface area contributed by atoms with Gasteiger partial charge in [0, 0.05) is 0 Å². The molecule has 0 aromatic heterocycles. The van der Waals surface area contributed by atoms with Gasteiger partial charge in [-0.3, -0.25) is 0 Å². The van der Waals surface area contributed by atoms with Crippen LogP contribution in [0.1, 0.15) is 34.1 Å². The third kappa shape index (κ3) is 5.26. The minimum atomic E-state index is -2.68. The van der Waals surface area contributed by atoms with Crippen LogP contribution in [0.3, 0.4) is 0 Å². The zero-order valence-electron chi connectivity index (χ0n) is 19.0. The molecule has 2 rings (SSSR count). The average Bonchev–Trinajstić information content (AvgIpc) is 2.67. The van der Waals surface area contributed by atoms with Crippen LogP contribution in [0.25, 0.3) is 0 Å². The largest absolute Gasteiger partial charge is 0.403 e. The predicted octanol–water partition coefficient (Wildman–Crippen LogP) is 5.09. The summed E-state index contributed by atoms with van der Waals surface area (Å²) in [6, 6.07) is 23.5. The van der Waals surface area contributed by atoms with Crippen LogP contribution in [0.4, 0.5) is 0 Å². The van der Waals surface area contributed by atoms with Gasteiger partial charge in [-0.15, -0.1) is 0 Å². The first-order valence-electron chi connectivity index (χ1n) is 10.4. The van der Waals surface area contributed by atoms with Gasteiger partial charge in [0.25, 0.3) is 8.32 Å². The summed E-state index contributed by atoms with van der Waals surface area (Å²) in [4.78, 5) is 0. The van der Waals surface area contributed by atoms with Crippen molar-refractivity contribution >= 4 is 27.0 Å². The van der Waals surface area contributed by atoms with Gasteiger partial charge >= 0.3 is 0 Å². The van der Waals surface area contributed by atoms with E-state index in [1.54, 1.807) is 0 Å². The van der Waals surface area contributed by atoms with E-state index < -0.39 is 22.2 Å². The van der Waals surface area contributed by atoms with Crippen molar-refractivity contribution in [1.29, 1.82) is 5.26 Å². The molecule has 0 saturated heterocycles. The molecule has 0 fully saturated rings. The lowest BCUT2D eigenvalue weighted by Crippen LogP contribution is -2.67. The van der Waals surface area contributed by atoms with E-state index in [9.17, 15) is 5.26 Å². The molecule has 5 heteroatoms. The molecule has 0 aliphatic heterocycles. The molecule has 0 spiro atoms. The highest BCUT2D eigenvalue weighted by Gasteiger charge is 2.51. The Labute approximate surface area is 178 Å². The van der Waals surface area contributed by atoms with Gasteiger partial charge in [0.2, 0.25) is 0 Å². The van der Waals surface area contributed by atoms with Crippen LogP contribution < -0.4 is 10.4 Å². The predicted molar refractivity (Wildman–Crippen MR) is 127 cm³/mol. The number of benzene rings is 2. The SMILES string of the molecule is CCC(C#N)(CO[Si](c1ccccc1)(c1ccccc1)C(C)(C)C)O[Si](C)(C)C. The molecule has 1 unspecified atom stereocenters. The van der Waals surface area contributed by atoms with Crippen molar-refractivity contribution in [2.75, 3.05) is 6.61 Å². The van der Waals surface area contributed by atoms with Crippen molar-refractivity contribution in [2.45, 2.75) is 64.4 Å². The molecule has 29 heavy (non-hydrogen) atoms.